The second-order valence-corrected chi connectivity index (χ2v) is 8.01. The van der Waals surface area contributed by atoms with Crippen molar-refractivity contribution in [3.63, 3.8) is 0 Å². The number of amides is 1. The maximum atomic E-state index is 12.4. The van der Waals surface area contributed by atoms with Gasteiger partial charge in [0.1, 0.15) is 11.4 Å². The van der Waals surface area contributed by atoms with Gasteiger partial charge in [-0.05, 0) is 43.7 Å². The molecule has 8 heteroatoms. The Labute approximate surface area is 183 Å². The fourth-order valence-electron chi connectivity index (χ4n) is 3.68. The molecule has 0 radical (unpaired) electrons. The first kappa shape index (κ1) is 21.5. The number of carbonyl (C=O) groups is 1. The van der Waals surface area contributed by atoms with E-state index in [4.69, 9.17) is 4.42 Å². The summed E-state index contributed by atoms with van der Waals surface area (Å²) in [5.74, 6) is 0.355. The summed E-state index contributed by atoms with van der Waals surface area (Å²) in [6.07, 6.45) is 0. The number of H-pyrrole nitrogens is 1. The van der Waals surface area contributed by atoms with Crippen molar-refractivity contribution in [2.45, 2.75) is 39.9 Å². The fraction of sp³-hybridized carbons (Fsp3) is 0.250. The van der Waals surface area contributed by atoms with Crippen LogP contribution in [0, 0.1) is 0 Å². The van der Waals surface area contributed by atoms with Crippen LogP contribution in [0.2, 0.25) is 0 Å². The Balaban J connectivity index is 1.68. The van der Waals surface area contributed by atoms with Crippen LogP contribution in [0.3, 0.4) is 0 Å². The summed E-state index contributed by atoms with van der Waals surface area (Å²) in [7, 11) is 0. The summed E-state index contributed by atoms with van der Waals surface area (Å²) in [5.41, 5.74) is 1.76. The molecule has 0 atom stereocenters. The van der Waals surface area contributed by atoms with Crippen molar-refractivity contribution in [1.29, 1.82) is 0 Å². The molecule has 0 saturated carbocycles. The van der Waals surface area contributed by atoms with E-state index in [1.165, 1.54) is 13.0 Å². The minimum absolute atomic E-state index is 0.118. The predicted molar refractivity (Wildman–Crippen MR) is 124 cm³/mol. The minimum atomic E-state index is -0.464. The highest BCUT2D eigenvalue weighted by Crippen LogP contribution is 2.23. The number of rotatable bonds is 6. The van der Waals surface area contributed by atoms with E-state index in [1.807, 2.05) is 38.1 Å². The van der Waals surface area contributed by atoms with Gasteiger partial charge in [0.25, 0.3) is 5.56 Å². The molecule has 0 saturated heterocycles. The second-order valence-electron chi connectivity index (χ2n) is 8.01. The van der Waals surface area contributed by atoms with Gasteiger partial charge in [-0.2, -0.15) is 0 Å². The molecule has 0 fully saturated rings. The Morgan fingerprint density at radius 2 is 1.88 bits per heavy atom. The number of aromatic nitrogens is 2. The van der Waals surface area contributed by atoms with Crippen molar-refractivity contribution in [3.05, 3.63) is 80.7 Å². The first-order chi connectivity index (χ1) is 15.3. The molecule has 0 aliphatic heterocycles. The Bertz CT molecular complexity index is 1420. The highest BCUT2D eigenvalue weighted by atomic mass is 16.4. The number of nitrogens with zero attached hydrogens (tertiary/aromatic N) is 2. The summed E-state index contributed by atoms with van der Waals surface area (Å²) < 4.78 is 5.36. The summed E-state index contributed by atoms with van der Waals surface area (Å²) in [4.78, 5) is 45.6. The van der Waals surface area contributed by atoms with Gasteiger partial charge in [-0.25, -0.2) is 9.78 Å². The molecule has 0 aliphatic carbocycles. The average Bonchev–Trinajstić information content (AvgIpc) is 2.72. The van der Waals surface area contributed by atoms with Crippen molar-refractivity contribution in [3.8, 4) is 0 Å². The topological polar surface area (TPSA) is 108 Å². The molecule has 0 unspecified atom stereocenters. The van der Waals surface area contributed by atoms with Crippen molar-refractivity contribution in [2.24, 2.45) is 0 Å². The summed E-state index contributed by atoms with van der Waals surface area (Å²) >= 11 is 0. The SMILES string of the molecule is CC(=O)Nc1ccc2c(CN(Cc3nc4ccccc4c(=O)[nH]3)C(C)C)cc(=O)oc2c1. The molecule has 32 heavy (non-hydrogen) atoms. The predicted octanol–water partition coefficient (Wildman–Crippen LogP) is 3.40. The van der Waals surface area contributed by atoms with Crippen LogP contribution >= 0.6 is 0 Å². The molecule has 2 aromatic heterocycles. The number of aromatic amines is 1. The van der Waals surface area contributed by atoms with Crippen molar-refractivity contribution in [1.82, 2.24) is 14.9 Å². The second kappa shape index (κ2) is 8.76. The normalized spacial score (nSPS) is 11.5. The molecule has 1 amide bonds. The lowest BCUT2D eigenvalue weighted by atomic mass is 10.1. The zero-order chi connectivity index (χ0) is 22.8. The number of anilines is 1. The average molecular weight is 432 g/mol. The first-order valence-corrected chi connectivity index (χ1v) is 10.4. The molecular formula is C24H24N4O4. The largest absolute Gasteiger partial charge is 0.423 e. The number of benzene rings is 2. The van der Waals surface area contributed by atoms with E-state index in [2.05, 4.69) is 20.2 Å². The van der Waals surface area contributed by atoms with E-state index < -0.39 is 5.63 Å². The van der Waals surface area contributed by atoms with Crippen LogP contribution in [0.4, 0.5) is 5.69 Å². The van der Waals surface area contributed by atoms with E-state index in [0.717, 1.165) is 10.9 Å². The lowest BCUT2D eigenvalue weighted by molar-refractivity contribution is -0.114. The van der Waals surface area contributed by atoms with Crippen LogP contribution < -0.4 is 16.5 Å². The molecular weight excluding hydrogens is 408 g/mol. The molecule has 0 bridgehead atoms. The standard InChI is InChI=1S/C24H24N4O4/c1-14(2)28(13-22-26-20-7-5-4-6-19(20)24(31)27-22)12-16-10-23(30)32-21-11-17(25-15(3)29)8-9-18(16)21/h4-11,14H,12-13H2,1-3H3,(H,25,29)(H,26,27,31). The summed E-state index contributed by atoms with van der Waals surface area (Å²) in [5, 5.41) is 4.03. The molecule has 4 aromatic rings. The lowest BCUT2D eigenvalue weighted by Gasteiger charge is -2.26. The Kier molecular flexibility index (Phi) is 5.87. The number of fused-ring (bicyclic) bond motifs is 2. The molecule has 2 N–H and O–H groups in total. The van der Waals surface area contributed by atoms with Crippen LogP contribution in [-0.2, 0) is 17.9 Å². The maximum absolute atomic E-state index is 12.4. The molecule has 0 aliphatic rings. The van der Waals surface area contributed by atoms with Crippen molar-refractivity contribution < 1.29 is 9.21 Å². The van der Waals surface area contributed by atoms with Gasteiger partial charge in [-0.15, -0.1) is 0 Å². The van der Waals surface area contributed by atoms with Gasteiger partial charge in [0.2, 0.25) is 5.91 Å². The quantitative estimate of drug-likeness (QED) is 0.452. The fourth-order valence-corrected chi connectivity index (χ4v) is 3.68. The van der Waals surface area contributed by atoms with Crippen molar-refractivity contribution in [2.75, 3.05) is 5.32 Å². The molecule has 4 rings (SSSR count). The first-order valence-electron chi connectivity index (χ1n) is 10.4. The van der Waals surface area contributed by atoms with Crippen LogP contribution in [0.15, 0.2) is 62.5 Å². The number of carbonyl (C=O) groups excluding carboxylic acids is 1. The molecule has 0 spiro atoms. The number of hydrogen-bond donors (Lipinski definition) is 2. The Morgan fingerprint density at radius 1 is 1.09 bits per heavy atom. The molecule has 8 nitrogen and oxygen atoms in total. The summed E-state index contributed by atoms with van der Waals surface area (Å²) in [6, 6.07) is 14.1. The lowest BCUT2D eigenvalue weighted by Crippen LogP contribution is -2.32. The Morgan fingerprint density at radius 3 is 2.62 bits per heavy atom. The highest BCUT2D eigenvalue weighted by molar-refractivity contribution is 5.92. The van der Waals surface area contributed by atoms with Crippen LogP contribution in [0.5, 0.6) is 0 Å². The third kappa shape index (κ3) is 4.60. The zero-order valence-corrected chi connectivity index (χ0v) is 18.1. The number of hydrogen-bond acceptors (Lipinski definition) is 6. The van der Waals surface area contributed by atoms with E-state index in [9.17, 15) is 14.4 Å². The van der Waals surface area contributed by atoms with E-state index in [0.29, 0.717) is 41.1 Å². The van der Waals surface area contributed by atoms with Crippen LogP contribution in [-0.4, -0.2) is 26.8 Å². The van der Waals surface area contributed by atoms with Gasteiger partial charge in [-0.1, -0.05) is 12.1 Å². The smallest absolute Gasteiger partial charge is 0.336 e. The molecule has 2 heterocycles. The maximum Gasteiger partial charge on any atom is 0.336 e. The van der Waals surface area contributed by atoms with Crippen LogP contribution in [0.25, 0.3) is 21.9 Å². The number of para-hydroxylation sites is 1. The van der Waals surface area contributed by atoms with Gasteiger partial charge in [0.15, 0.2) is 0 Å². The summed E-state index contributed by atoms with van der Waals surface area (Å²) in [6.45, 7) is 6.37. The van der Waals surface area contributed by atoms with Gasteiger partial charge in [-0.3, -0.25) is 14.5 Å². The van der Waals surface area contributed by atoms with Gasteiger partial charge < -0.3 is 14.7 Å². The Hall–Kier alpha value is -3.78. The van der Waals surface area contributed by atoms with Gasteiger partial charge >= 0.3 is 5.63 Å². The monoisotopic (exact) mass is 432 g/mol. The van der Waals surface area contributed by atoms with E-state index in [1.54, 1.807) is 18.2 Å². The highest BCUT2D eigenvalue weighted by Gasteiger charge is 2.16. The van der Waals surface area contributed by atoms with Gasteiger partial charge in [0.05, 0.1) is 17.4 Å². The van der Waals surface area contributed by atoms with E-state index >= 15 is 0 Å². The van der Waals surface area contributed by atoms with E-state index in [-0.39, 0.29) is 17.5 Å². The molecule has 164 valence electrons. The molecule has 2 aromatic carbocycles. The third-order valence-electron chi connectivity index (χ3n) is 5.27. The minimum Gasteiger partial charge on any atom is -0.423 e. The van der Waals surface area contributed by atoms with Crippen molar-refractivity contribution >= 4 is 33.5 Å². The zero-order valence-electron chi connectivity index (χ0n) is 18.1. The number of nitrogens with one attached hydrogen (secondary N) is 2. The van der Waals surface area contributed by atoms with Gasteiger partial charge in [0, 0.05) is 42.7 Å². The van der Waals surface area contributed by atoms with Crippen LogP contribution in [0.1, 0.15) is 32.2 Å². The third-order valence-corrected chi connectivity index (χ3v) is 5.27.